The maximum absolute atomic E-state index is 13.2. The van der Waals surface area contributed by atoms with Crippen LogP contribution in [0.25, 0.3) is 0 Å². The Morgan fingerprint density at radius 3 is 2.50 bits per heavy atom. The first kappa shape index (κ1) is 18.3. The molecule has 4 aliphatic rings. The summed E-state index contributed by atoms with van der Waals surface area (Å²) in [4.78, 5) is 17.9. The van der Waals surface area contributed by atoms with Gasteiger partial charge >= 0.3 is 6.09 Å². The van der Waals surface area contributed by atoms with Crippen molar-refractivity contribution in [2.75, 3.05) is 26.7 Å². The van der Waals surface area contributed by atoms with E-state index in [-0.39, 0.29) is 12.2 Å². The molecule has 4 nitrogen and oxygen atoms in total. The maximum Gasteiger partial charge on any atom is 0.410 e. The number of rotatable bonds is 4. The number of fused-ring (bicyclic) bond motifs is 3. The average Bonchev–Trinajstić information content (AvgIpc) is 3.23. The summed E-state index contributed by atoms with van der Waals surface area (Å²) < 4.78 is 7.23. The zero-order valence-corrected chi connectivity index (χ0v) is 17.3. The van der Waals surface area contributed by atoms with E-state index in [2.05, 4.69) is 31.9 Å². The standard InChI is InChI=1S/C21H33N2O2S/c1-15-12-19(26-16(15)2)13-22(18-6-4-5-7-18)21(24)25-20-14-23(3)10-8-17(20)9-11-23/h12,17-18,20H,4-11,13-14H2,1-3H3/q+1/t17?,20-,23?/m0/s1. The minimum Gasteiger partial charge on any atom is -0.440 e. The molecule has 0 N–H and O–H groups in total. The van der Waals surface area contributed by atoms with Crippen LogP contribution >= 0.6 is 11.3 Å². The fourth-order valence-corrected chi connectivity index (χ4v) is 6.19. The topological polar surface area (TPSA) is 29.5 Å². The highest BCUT2D eigenvalue weighted by molar-refractivity contribution is 7.12. The summed E-state index contributed by atoms with van der Waals surface area (Å²) in [6.07, 6.45) is 7.19. The zero-order chi connectivity index (χ0) is 18.3. The van der Waals surface area contributed by atoms with Crippen LogP contribution in [-0.2, 0) is 11.3 Å². The van der Waals surface area contributed by atoms with E-state index in [0.29, 0.717) is 18.5 Å². The number of amides is 1. The Hall–Kier alpha value is -1.07. The molecule has 1 atom stereocenters. The molecule has 0 spiro atoms. The van der Waals surface area contributed by atoms with E-state index < -0.39 is 0 Å². The van der Waals surface area contributed by atoms with E-state index in [9.17, 15) is 4.79 Å². The lowest BCUT2D eigenvalue weighted by molar-refractivity contribution is -0.928. The maximum atomic E-state index is 13.2. The molecule has 1 aromatic rings. The molecule has 0 unspecified atom stereocenters. The summed E-state index contributed by atoms with van der Waals surface area (Å²) in [7, 11) is 2.32. The number of quaternary nitrogens is 1. The van der Waals surface area contributed by atoms with Gasteiger partial charge in [-0.05, 0) is 38.3 Å². The number of hydrogen-bond acceptors (Lipinski definition) is 3. The summed E-state index contributed by atoms with van der Waals surface area (Å²) in [5.74, 6) is 0.579. The molecule has 5 rings (SSSR count). The van der Waals surface area contributed by atoms with Crippen molar-refractivity contribution in [3.05, 3.63) is 21.4 Å². The van der Waals surface area contributed by atoms with Gasteiger partial charge in [-0.3, -0.25) is 0 Å². The molecular formula is C21H33N2O2S+. The van der Waals surface area contributed by atoms with Gasteiger partial charge in [0.25, 0.3) is 0 Å². The largest absolute Gasteiger partial charge is 0.440 e. The van der Waals surface area contributed by atoms with Gasteiger partial charge in [0.1, 0.15) is 6.54 Å². The second-order valence-electron chi connectivity index (χ2n) is 9.03. The predicted octanol–water partition coefficient (Wildman–Crippen LogP) is 4.48. The van der Waals surface area contributed by atoms with Gasteiger partial charge in [0, 0.05) is 34.6 Å². The van der Waals surface area contributed by atoms with E-state index in [0.717, 1.165) is 23.9 Å². The number of piperidine rings is 3. The molecule has 5 heteroatoms. The summed E-state index contributed by atoms with van der Waals surface area (Å²) in [6, 6.07) is 2.60. The summed E-state index contributed by atoms with van der Waals surface area (Å²) in [5.41, 5.74) is 1.33. The second kappa shape index (κ2) is 7.16. The van der Waals surface area contributed by atoms with Crippen molar-refractivity contribution in [3.63, 3.8) is 0 Å². The van der Waals surface area contributed by atoms with Gasteiger partial charge in [0.05, 0.1) is 26.7 Å². The normalized spacial score (nSPS) is 31.3. The average molecular weight is 378 g/mol. The quantitative estimate of drug-likeness (QED) is 0.724. The lowest BCUT2D eigenvalue weighted by Crippen LogP contribution is -2.62. The summed E-state index contributed by atoms with van der Waals surface area (Å²) >= 11 is 1.82. The van der Waals surface area contributed by atoms with Gasteiger partial charge in [-0.15, -0.1) is 11.3 Å². The molecule has 3 aliphatic heterocycles. The monoisotopic (exact) mass is 377 g/mol. The van der Waals surface area contributed by atoms with Gasteiger partial charge in [0.15, 0.2) is 6.10 Å². The number of carbonyl (C=O) groups excluding carboxylic acids is 1. The Kier molecular flexibility index (Phi) is 5.04. The molecule has 4 fully saturated rings. The third-order valence-corrected chi connectivity index (χ3v) is 8.16. The van der Waals surface area contributed by atoms with Crippen molar-refractivity contribution in [2.45, 2.75) is 71.1 Å². The van der Waals surface area contributed by atoms with Crippen molar-refractivity contribution in [3.8, 4) is 0 Å². The molecule has 3 saturated heterocycles. The Bertz CT molecular complexity index is 637. The summed E-state index contributed by atoms with van der Waals surface area (Å²) in [6.45, 7) is 8.54. The van der Waals surface area contributed by atoms with Crippen LogP contribution in [0.2, 0.25) is 0 Å². The third kappa shape index (κ3) is 3.65. The summed E-state index contributed by atoms with van der Waals surface area (Å²) in [5, 5.41) is 0. The molecule has 144 valence electrons. The lowest BCUT2D eigenvalue weighted by atomic mass is 9.84. The molecule has 0 aromatic carbocycles. The molecule has 1 amide bonds. The van der Waals surface area contributed by atoms with E-state index in [1.54, 1.807) is 0 Å². The highest BCUT2D eigenvalue weighted by Gasteiger charge is 2.46. The van der Waals surface area contributed by atoms with Crippen LogP contribution in [-0.4, -0.2) is 54.3 Å². The fourth-order valence-electron chi connectivity index (χ4n) is 5.13. The molecule has 1 saturated carbocycles. The van der Waals surface area contributed by atoms with E-state index in [1.807, 2.05) is 11.3 Å². The van der Waals surface area contributed by atoms with Crippen LogP contribution in [0.15, 0.2) is 6.07 Å². The second-order valence-corrected chi connectivity index (χ2v) is 10.4. The van der Waals surface area contributed by atoms with Crippen LogP contribution in [0.5, 0.6) is 0 Å². The van der Waals surface area contributed by atoms with Crippen molar-refractivity contribution >= 4 is 17.4 Å². The van der Waals surface area contributed by atoms with Gasteiger partial charge in [0.2, 0.25) is 0 Å². The van der Waals surface area contributed by atoms with Gasteiger partial charge in [-0.25, -0.2) is 4.79 Å². The van der Waals surface area contributed by atoms with Gasteiger partial charge < -0.3 is 14.1 Å². The Morgan fingerprint density at radius 2 is 1.92 bits per heavy atom. The molecule has 4 heterocycles. The highest BCUT2D eigenvalue weighted by atomic mass is 32.1. The first-order valence-electron chi connectivity index (χ1n) is 10.3. The first-order valence-corrected chi connectivity index (χ1v) is 11.1. The number of carbonyl (C=O) groups is 1. The SMILES string of the molecule is Cc1cc(CN(C(=O)O[C@H]2C[N+]3(C)CCC2CC3)C2CCCC2)sc1C. The number of ether oxygens (including phenoxy) is 1. The first-order chi connectivity index (χ1) is 12.4. The molecule has 26 heavy (non-hydrogen) atoms. The molecule has 1 aliphatic carbocycles. The van der Waals surface area contributed by atoms with Crippen LogP contribution in [0.3, 0.4) is 0 Å². The van der Waals surface area contributed by atoms with Crippen LogP contribution < -0.4 is 0 Å². The van der Waals surface area contributed by atoms with Crippen LogP contribution in [0.1, 0.15) is 53.8 Å². The van der Waals surface area contributed by atoms with E-state index in [4.69, 9.17) is 4.74 Å². The Morgan fingerprint density at radius 1 is 1.23 bits per heavy atom. The van der Waals surface area contributed by atoms with Gasteiger partial charge in [-0.1, -0.05) is 12.8 Å². The molecular weight excluding hydrogens is 344 g/mol. The number of hydrogen-bond donors (Lipinski definition) is 0. The lowest BCUT2D eigenvalue weighted by Gasteiger charge is -2.50. The minimum atomic E-state index is -0.0639. The van der Waals surface area contributed by atoms with Crippen LogP contribution in [0, 0.1) is 19.8 Å². The van der Waals surface area contributed by atoms with Crippen molar-refractivity contribution in [1.29, 1.82) is 0 Å². The predicted molar refractivity (Wildman–Crippen MR) is 105 cm³/mol. The van der Waals surface area contributed by atoms with Crippen molar-refractivity contribution in [1.82, 2.24) is 4.90 Å². The van der Waals surface area contributed by atoms with E-state index in [1.165, 1.54) is 54.1 Å². The smallest absolute Gasteiger partial charge is 0.410 e. The highest BCUT2D eigenvalue weighted by Crippen LogP contribution is 2.35. The van der Waals surface area contributed by atoms with E-state index >= 15 is 0 Å². The number of thiophene rings is 1. The number of nitrogens with zero attached hydrogens (tertiary/aromatic N) is 2. The van der Waals surface area contributed by atoms with Crippen molar-refractivity contribution in [2.24, 2.45) is 5.92 Å². The van der Waals surface area contributed by atoms with Crippen LogP contribution in [0.4, 0.5) is 4.79 Å². The zero-order valence-electron chi connectivity index (χ0n) is 16.5. The van der Waals surface area contributed by atoms with Gasteiger partial charge in [-0.2, -0.15) is 0 Å². The minimum absolute atomic E-state index is 0.0639. The Labute approximate surface area is 161 Å². The number of aryl methyl sites for hydroxylation is 2. The fraction of sp³-hybridized carbons (Fsp3) is 0.762. The number of likely N-dealkylation sites (N-methyl/N-ethyl adjacent to an activating group) is 1. The Balaban J connectivity index is 1.47. The van der Waals surface area contributed by atoms with Crippen molar-refractivity contribution < 1.29 is 14.0 Å². The molecule has 1 aromatic heterocycles. The third-order valence-electron chi connectivity index (χ3n) is 7.02. The molecule has 2 bridgehead atoms. The molecule has 0 radical (unpaired) electrons.